The van der Waals surface area contributed by atoms with Crippen molar-refractivity contribution in [2.24, 2.45) is 17.6 Å². The molecule has 3 N–H and O–H groups in total. The molecule has 3 unspecified atom stereocenters. The molecule has 0 aromatic heterocycles. The lowest BCUT2D eigenvalue weighted by Gasteiger charge is -2.18. The monoisotopic (exact) mass is 283 g/mol. The number of hydrogen-bond donors (Lipinski definition) is 2. The van der Waals surface area contributed by atoms with Gasteiger partial charge in [-0.05, 0) is 31.1 Å². The predicted octanol–water partition coefficient (Wildman–Crippen LogP) is 0.322. The third kappa shape index (κ3) is 3.12. The van der Waals surface area contributed by atoms with Crippen molar-refractivity contribution in [2.45, 2.75) is 32.2 Å². The zero-order valence-corrected chi connectivity index (χ0v) is 11.8. The van der Waals surface area contributed by atoms with Gasteiger partial charge in [0.25, 0.3) is 10.2 Å². The van der Waals surface area contributed by atoms with Crippen LogP contribution in [0.4, 0.5) is 0 Å². The molecule has 0 bridgehead atoms. The second-order valence-corrected chi connectivity index (χ2v) is 6.64. The Bertz CT molecular complexity index is 349. The van der Waals surface area contributed by atoms with E-state index in [1.807, 2.05) is 6.92 Å². The van der Waals surface area contributed by atoms with E-state index in [4.69, 9.17) is 5.73 Å². The number of fused-ring (bicyclic) bond motifs is 1. The van der Waals surface area contributed by atoms with Gasteiger partial charge in [-0.2, -0.15) is 12.7 Å². The fourth-order valence-corrected chi connectivity index (χ4v) is 4.19. The second kappa shape index (κ2) is 5.84. The number of nitrogens with one attached hydrogen (secondary N) is 1. The first-order chi connectivity index (χ1) is 7.54. The van der Waals surface area contributed by atoms with Crippen molar-refractivity contribution in [1.29, 1.82) is 0 Å². The van der Waals surface area contributed by atoms with Gasteiger partial charge >= 0.3 is 0 Å². The fourth-order valence-electron chi connectivity index (χ4n) is 2.79. The molecule has 0 radical (unpaired) electrons. The molecule has 0 aromatic carbocycles. The minimum Gasteiger partial charge on any atom is -0.327 e. The summed E-state index contributed by atoms with van der Waals surface area (Å²) in [6, 6.07) is 0.191. The highest BCUT2D eigenvalue weighted by molar-refractivity contribution is 7.87. The summed E-state index contributed by atoms with van der Waals surface area (Å²) >= 11 is 0. The lowest BCUT2D eigenvalue weighted by molar-refractivity contribution is 0.421. The normalized spacial score (nSPS) is 33.4. The Morgan fingerprint density at radius 3 is 2.65 bits per heavy atom. The van der Waals surface area contributed by atoms with Gasteiger partial charge in [-0.3, -0.25) is 0 Å². The highest BCUT2D eigenvalue weighted by Crippen LogP contribution is 2.37. The van der Waals surface area contributed by atoms with E-state index in [0.717, 1.165) is 19.3 Å². The van der Waals surface area contributed by atoms with Gasteiger partial charge < -0.3 is 5.73 Å². The van der Waals surface area contributed by atoms with Gasteiger partial charge in [0.15, 0.2) is 0 Å². The maximum atomic E-state index is 11.9. The van der Waals surface area contributed by atoms with Crippen LogP contribution in [0.25, 0.3) is 0 Å². The van der Waals surface area contributed by atoms with Crippen molar-refractivity contribution in [3.63, 3.8) is 0 Å². The van der Waals surface area contributed by atoms with E-state index in [0.29, 0.717) is 31.5 Å². The summed E-state index contributed by atoms with van der Waals surface area (Å²) in [6.07, 6.45) is 2.94. The summed E-state index contributed by atoms with van der Waals surface area (Å²) in [5.41, 5.74) is 5.98. The van der Waals surface area contributed by atoms with Crippen LogP contribution in [0.2, 0.25) is 0 Å². The Morgan fingerprint density at radius 2 is 2.06 bits per heavy atom. The van der Waals surface area contributed by atoms with Gasteiger partial charge in [-0.15, -0.1) is 12.4 Å². The van der Waals surface area contributed by atoms with E-state index in [2.05, 4.69) is 4.72 Å². The largest absolute Gasteiger partial charge is 0.327 e. The SMILES string of the molecule is CCCNS(=O)(=O)N1CC2CCC(N)C2C1.Cl. The third-order valence-corrected chi connectivity index (χ3v) is 5.30. The van der Waals surface area contributed by atoms with E-state index in [9.17, 15) is 8.42 Å². The average molecular weight is 284 g/mol. The minimum atomic E-state index is -3.26. The standard InChI is InChI=1S/C10H21N3O2S.ClH/c1-2-5-12-16(14,15)13-6-8-3-4-10(11)9(8)7-13;/h8-10,12H,2-7,11H2,1H3;1H. The number of nitrogens with two attached hydrogens (primary N) is 1. The molecular weight excluding hydrogens is 262 g/mol. The highest BCUT2D eigenvalue weighted by Gasteiger charge is 2.44. The molecule has 5 nitrogen and oxygen atoms in total. The van der Waals surface area contributed by atoms with Crippen LogP contribution in [0.5, 0.6) is 0 Å². The summed E-state index contributed by atoms with van der Waals surface area (Å²) in [5.74, 6) is 0.853. The quantitative estimate of drug-likeness (QED) is 0.780. The van der Waals surface area contributed by atoms with Crippen LogP contribution < -0.4 is 10.5 Å². The first-order valence-electron chi connectivity index (χ1n) is 6.05. The van der Waals surface area contributed by atoms with Crippen LogP contribution >= 0.6 is 12.4 Å². The molecule has 2 rings (SSSR count). The first-order valence-corrected chi connectivity index (χ1v) is 7.49. The molecule has 1 saturated heterocycles. The molecule has 1 aliphatic heterocycles. The van der Waals surface area contributed by atoms with Crippen molar-refractivity contribution in [3.05, 3.63) is 0 Å². The molecule has 1 heterocycles. The number of nitrogens with zero attached hydrogens (tertiary/aromatic N) is 1. The van der Waals surface area contributed by atoms with Crippen molar-refractivity contribution in [2.75, 3.05) is 19.6 Å². The second-order valence-electron chi connectivity index (χ2n) is 4.88. The predicted molar refractivity (Wildman–Crippen MR) is 70.2 cm³/mol. The van der Waals surface area contributed by atoms with Crippen LogP contribution in [0.1, 0.15) is 26.2 Å². The highest BCUT2D eigenvalue weighted by atomic mass is 35.5. The summed E-state index contributed by atoms with van der Waals surface area (Å²) in [6.45, 7) is 3.72. The van der Waals surface area contributed by atoms with E-state index in [-0.39, 0.29) is 18.4 Å². The molecule has 7 heteroatoms. The zero-order valence-electron chi connectivity index (χ0n) is 10.1. The minimum absolute atomic E-state index is 0. The summed E-state index contributed by atoms with van der Waals surface area (Å²) < 4.78 is 28.0. The molecule has 17 heavy (non-hydrogen) atoms. The van der Waals surface area contributed by atoms with Gasteiger partial charge in [-0.25, -0.2) is 4.72 Å². The van der Waals surface area contributed by atoms with Crippen LogP contribution in [0.15, 0.2) is 0 Å². The Kier molecular flexibility index (Phi) is 5.21. The Morgan fingerprint density at radius 1 is 1.35 bits per heavy atom. The molecule has 2 fully saturated rings. The maximum Gasteiger partial charge on any atom is 0.279 e. The maximum absolute atomic E-state index is 11.9. The Balaban J connectivity index is 0.00000144. The van der Waals surface area contributed by atoms with Gasteiger partial charge in [0, 0.05) is 25.7 Å². The molecule has 0 spiro atoms. The van der Waals surface area contributed by atoms with Crippen LogP contribution in [0.3, 0.4) is 0 Å². The zero-order chi connectivity index (χ0) is 11.8. The van der Waals surface area contributed by atoms with Gasteiger partial charge in [0.05, 0.1) is 0 Å². The Labute approximate surface area is 110 Å². The van der Waals surface area contributed by atoms with E-state index in [1.165, 1.54) is 0 Å². The van der Waals surface area contributed by atoms with Crippen molar-refractivity contribution < 1.29 is 8.42 Å². The smallest absolute Gasteiger partial charge is 0.279 e. The van der Waals surface area contributed by atoms with Crippen molar-refractivity contribution in [3.8, 4) is 0 Å². The summed E-state index contributed by atoms with van der Waals surface area (Å²) in [4.78, 5) is 0. The van der Waals surface area contributed by atoms with Crippen LogP contribution in [-0.4, -0.2) is 38.4 Å². The molecule has 1 saturated carbocycles. The third-order valence-electron chi connectivity index (χ3n) is 3.75. The topological polar surface area (TPSA) is 75.4 Å². The molecular formula is C10H22ClN3O2S. The molecule has 1 aliphatic carbocycles. The molecule has 0 amide bonds. The van der Waals surface area contributed by atoms with Crippen molar-refractivity contribution >= 4 is 22.6 Å². The lowest BCUT2D eigenvalue weighted by Crippen LogP contribution is -2.41. The van der Waals surface area contributed by atoms with Crippen molar-refractivity contribution in [1.82, 2.24) is 9.03 Å². The number of hydrogen-bond acceptors (Lipinski definition) is 3. The van der Waals surface area contributed by atoms with Gasteiger partial charge in [0.1, 0.15) is 0 Å². The lowest BCUT2D eigenvalue weighted by atomic mass is 9.98. The van der Waals surface area contributed by atoms with Gasteiger partial charge in [-0.1, -0.05) is 6.92 Å². The summed E-state index contributed by atoms with van der Waals surface area (Å²) in [7, 11) is -3.26. The average Bonchev–Trinajstić information content (AvgIpc) is 2.79. The Hall–Kier alpha value is 0.120. The van der Waals surface area contributed by atoms with Crippen LogP contribution in [-0.2, 0) is 10.2 Å². The number of rotatable bonds is 4. The van der Waals surface area contributed by atoms with E-state index in [1.54, 1.807) is 4.31 Å². The number of halogens is 1. The van der Waals surface area contributed by atoms with E-state index >= 15 is 0 Å². The summed E-state index contributed by atoms with van der Waals surface area (Å²) in [5, 5.41) is 0. The fraction of sp³-hybridized carbons (Fsp3) is 1.00. The van der Waals surface area contributed by atoms with Crippen LogP contribution in [0, 0.1) is 11.8 Å². The molecule has 102 valence electrons. The van der Waals surface area contributed by atoms with E-state index < -0.39 is 10.2 Å². The molecule has 0 aromatic rings. The van der Waals surface area contributed by atoms with Gasteiger partial charge in [0.2, 0.25) is 0 Å². The molecule has 2 aliphatic rings. The first kappa shape index (κ1) is 15.2. The molecule has 3 atom stereocenters.